The van der Waals surface area contributed by atoms with Crippen LogP contribution in [0.2, 0.25) is 0 Å². The van der Waals surface area contributed by atoms with Crippen molar-refractivity contribution >= 4 is 74.2 Å². The van der Waals surface area contributed by atoms with Crippen LogP contribution in [-0.2, 0) is 0 Å². The molecule has 2 aliphatic rings. The number of aromatic nitrogens is 3. The first-order chi connectivity index (χ1) is 25.3. The van der Waals surface area contributed by atoms with Crippen molar-refractivity contribution in [1.29, 1.82) is 0 Å². The van der Waals surface area contributed by atoms with Gasteiger partial charge in [-0.25, -0.2) is 15.0 Å². The minimum Gasteiger partial charge on any atom is -0.485 e. The molecular formula is C45H27N3OS2. The summed E-state index contributed by atoms with van der Waals surface area (Å²) >= 11 is 3.63. The lowest BCUT2D eigenvalue weighted by atomic mass is 9.78. The number of para-hydroxylation sites is 1. The molecule has 0 amide bonds. The summed E-state index contributed by atoms with van der Waals surface area (Å²) in [7, 11) is 0. The molecule has 0 spiro atoms. The Morgan fingerprint density at radius 3 is 2.08 bits per heavy atom. The number of benzene rings is 6. The average Bonchev–Trinajstić information content (AvgIpc) is 3.89. The van der Waals surface area contributed by atoms with Crippen LogP contribution in [0.25, 0.3) is 74.3 Å². The van der Waals surface area contributed by atoms with Gasteiger partial charge < -0.3 is 4.74 Å². The fourth-order valence-corrected chi connectivity index (χ4v) is 10.2. The van der Waals surface area contributed by atoms with Crippen molar-refractivity contribution in [2.24, 2.45) is 0 Å². The van der Waals surface area contributed by atoms with E-state index < -0.39 is 0 Å². The van der Waals surface area contributed by atoms with E-state index in [1.165, 1.54) is 45.9 Å². The van der Waals surface area contributed by atoms with Crippen LogP contribution in [0.5, 0.6) is 5.75 Å². The fourth-order valence-electron chi connectivity index (χ4n) is 7.90. The minimum atomic E-state index is -0.175. The van der Waals surface area contributed by atoms with E-state index in [0.717, 1.165) is 33.6 Å². The van der Waals surface area contributed by atoms with E-state index in [0.29, 0.717) is 17.5 Å². The standard InChI is InChI=1S/C45H27N3OS2/c1-2-12-26(13-3-1)43-46-44(33-19-10-18-30-27-14-5-8-21-36(27)51-42(30)33)48-45(47-43)41-29(24-25-35-40(41)31-15-4-7-20-34(31)49-35)28-17-11-23-38-39(28)32-16-6-9-22-37(32)50-38/h1-25,35,40H. The van der Waals surface area contributed by atoms with Crippen molar-refractivity contribution in [2.75, 3.05) is 0 Å². The molecule has 6 aromatic carbocycles. The molecule has 0 saturated heterocycles. The van der Waals surface area contributed by atoms with Gasteiger partial charge in [-0.05, 0) is 47.5 Å². The van der Waals surface area contributed by atoms with Gasteiger partial charge in [0.15, 0.2) is 17.5 Å². The van der Waals surface area contributed by atoms with E-state index in [4.69, 9.17) is 19.7 Å². The molecular weight excluding hydrogens is 663 g/mol. The van der Waals surface area contributed by atoms with Gasteiger partial charge in [-0.2, -0.15) is 0 Å². The van der Waals surface area contributed by atoms with Gasteiger partial charge >= 0.3 is 0 Å². The topological polar surface area (TPSA) is 47.9 Å². The third-order valence-corrected chi connectivity index (χ3v) is 12.5. The second kappa shape index (κ2) is 11.3. The normalized spacial score (nSPS) is 16.6. The van der Waals surface area contributed by atoms with E-state index in [1.807, 2.05) is 35.6 Å². The van der Waals surface area contributed by atoms with Gasteiger partial charge in [-0.1, -0.05) is 115 Å². The lowest BCUT2D eigenvalue weighted by Gasteiger charge is -2.26. The molecule has 2 unspecified atom stereocenters. The predicted octanol–water partition coefficient (Wildman–Crippen LogP) is 12.0. The van der Waals surface area contributed by atoms with Crippen molar-refractivity contribution in [2.45, 2.75) is 12.0 Å². The maximum absolute atomic E-state index is 6.62. The second-order valence-electron chi connectivity index (χ2n) is 13.0. The molecule has 0 saturated carbocycles. The van der Waals surface area contributed by atoms with Crippen LogP contribution in [0.4, 0.5) is 0 Å². The van der Waals surface area contributed by atoms with E-state index >= 15 is 0 Å². The Hall–Kier alpha value is -5.95. The van der Waals surface area contributed by atoms with Gasteiger partial charge in [-0.3, -0.25) is 0 Å². The molecule has 3 aromatic heterocycles. The Bertz CT molecular complexity index is 2920. The quantitative estimate of drug-likeness (QED) is 0.185. The molecule has 0 fully saturated rings. The first kappa shape index (κ1) is 28.8. The number of nitrogens with zero attached hydrogens (tertiary/aromatic N) is 3. The van der Waals surface area contributed by atoms with Crippen molar-refractivity contribution in [1.82, 2.24) is 15.0 Å². The molecule has 1 aliphatic heterocycles. The summed E-state index contributed by atoms with van der Waals surface area (Å²) < 4.78 is 11.6. The first-order valence-electron chi connectivity index (χ1n) is 17.1. The zero-order valence-corrected chi connectivity index (χ0v) is 28.8. The number of hydrogen-bond donors (Lipinski definition) is 0. The van der Waals surface area contributed by atoms with Crippen molar-refractivity contribution in [3.8, 4) is 28.5 Å². The van der Waals surface area contributed by atoms with Gasteiger partial charge in [0.25, 0.3) is 0 Å². The first-order valence-corrected chi connectivity index (χ1v) is 18.7. The Labute approximate surface area is 301 Å². The van der Waals surface area contributed by atoms with Crippen LogP contribution in [0, 0.1) is 0 Å². The molecule has 240 valence electrons. The Kier molecular flexibility index (Phi) is 6.38. The molecule has 6 heteroatoms. The Balaban J connectivity index is 1.24. The summed E-state index contributed by atoms with van der Waals surface area (Å²) in [5.74, 6) is 2.80. The predicted molar refractivity (Wildman–Crippen MR) is 212 cm³/mol. The summed E-state index contributed by atoms with van der Waals surface area (Å²) in [6, 6.07) is 49.1. The van der Waals surface area contributed by atoms with Crippen LogP contribution in [-0.4, -0.2) is 21.1 Å². The lowest BCUT2D eigenvalue weighted by molar-refractivity contribution is 0.271. The Morgan fingerprint density at radius 2 is 1.18 bits per heavy atom. The minimum absolute atomic E-state index is 0.0969. The SMILES string of the molecule is C1=CC2Oc3ccccc3C2C(c2nc(-c3ccccc3)nc(-c3cccc4c3sc3ccccc34)n2)=C1c1cccc2sc3ccccc3c12. The summed E-state index contributed by atoms with van der Waals surface area (Å²) in [6.45, 7) is 0. The molecule has 9 aromatic rings. The van der Waals surface area contributed by atoms with Gasteiger partial charge in [0.2, 0.25) is 0 Å². The second-order valence-corrected chi connectivity index (χ2v) is 15.2. The molecule has 1 aliphatic carbocycles. The van der Waals surface area contributed by atoms with E-state index in [2.05, 4.69) is 127 Å². The van der Waals surface area contributed by atoms with Crippen LogP contribution in [0.1, 0.15) is 22.9 Å². The zero-order valence-electron chi connectivity index (χ0n) is 27.2. The van der Waals surface area contributed by atoms with E-state index in [9.17, 15) is 0 Å². The number of allylic oxidation sites excluding steroid dienone is 2. The smallest absolute Gasteiger partial charge is 0.165 e. The maximum atomic E-state index is 6.62. The molecule has 51 heavy (non-hydrogen) atoms. The van der Waals surface area contributed by atoms with Crippen LogP contribution in [0.3, 0.4) is 0 Å². The van der Waals surface area contributed by atoms with Crippen molar-refractivity contribution in [3.05, 3.63) is 169 Å². The molecule has 4 nitrogen and oxygen atoms in total. The van der Waals surface area contributed by atoms with Gasteiger partial charge in [-0.15, -0.1) is 22.7 Å². The monoisotopic (exact) mass is 689 g/mol. The van der Waals surface area contributed by atoms with E-state index in [-0.39, 0.29) is 12.0 Å². The third-order valence-electron chi connectivity index (χ3n) is 10.1. The van der Waals surface area contributed by atoms with Crippen LogP contribution >= 0.6 is 22.7 Å². The third kappa shape index (κ3) is 4.47. The largest absolute Gasteiger partial charge is 0.485 e. The van der Waals surface area contributed by atoms with Crippen LogP contribution in [0.15, 0.2) is 152 Å². The summed E-state index contributed by atoms with van der Waals surface area (Å²) in [5.41, 5.74) is 6.45. The van der Waals surface area contributed by atoms with Crippen molar-refractivity contribution < 1.29 is 4.74 Å². The molecule has 4 heterocycles. The molecule has 11 rings (SSSR count). The molecule has 0 radical (unpaired) electrons. The van der Waals surface area contributed by atoms with Gasteiger partial charge in [0.1, 0.15) is 11.9 Å². The zero-order chi connectivity index (χ0) is 33.5. The lowest BCUT2D eigenvalue weighted by Crippen LogP contribution is -2.22. The highest BCUT2D eigenvalue weighted by Crippen LogP contribution is 2.52. The molecule has 0 bridgehead atoms. The number of hydrogen-bond acceptors (Lipinski definition) is 6. The number of fused-ring (bicyclic) bond motifs is 9. The molecule has 2 atom stereocenters. The number of rotatable bonds is 4. The highest BCUT2D eigenvalue weighted by Gasteiger charge is 2.41. The maximum Gasteiger partial charge on any atom is 0.165 e. The summed E-state index contributed by atoms with van der Waals surface area (Å²) in [5, 5.41) is 4.98. The van der Waals surface area contributed by atoms with Gasteiger partial charge in [0.05, 0.1) is 5.92 Å². The van der Waals surface area contributed by atoms with Crippen molar-refractivity contribution in [3.63, 3.8) is 0 Å². The highest BCUT2D eigenvalue weighted by molar-refractivity contribution is 7.26. The number of thiophene rings is 2. The molecule has 0 N–H and O–H groups in total. The highest BCUT2D eigenvalue weighted by atomic mass is 32.1. The average molecular weight is 690 g/mol. The fraction of sp³-hybridized carbons (Fsp3) is 0.0444. The summed E-state index contributed by atoms with van der Waals surface area (Å²) in [4.78, 5) is 16.0. The van der Waals surface area contributed by atoms with Gasteiger partial charge in [0, 0.05) is 62.6 Å². The van der Waals surface area contributed by atoms with Crippen LogP contribution < -0.4 is 4.74 Å². The Morgan fingerprint density at radius 1 is 0.510 bits per heavy atom. The van der Waals surface area contributed by atoms with E-state index in [1.54, 1.807) is 11.3 Å². The number of ether oxygens (including phenoxy) is 1. The summed E-state index contributed by atoms with van der Waals surface area (Å²) in [6.07, 6.45) is 4.28.